The summed E-state index contributed by atoms with van der Waals surface area (Å²) in [6, 6.07) is -1.50. The molecule has 8 nitrogen and oxygen atoms in total. The van der Waals surface area contributed by atoms with Gasteiger partial charge >= 0.3 is 18.0 Å². The van der Waals surface area contributed by atoms with Crippen molar-refractivity contribution in [2.24, 2.45) is 0 Å². The largest absolute Gasteiger partial charge is 0.460 e. The zero-order chi connectivity index (χ0) is 19.3. The molecule has 1 heterocycles. The molecule has 1 atom stereocenters. The number of aromatic nitrogens is 2. The minimum Gasteiger partial charge on any atom is -0.460 e. The molecule has 0 aliphatic heterocycles. The fraction of sp³-hybridized carbons (Fsp3) is 0.647. The van der Waals surface area contributed by atoms with Crippen LogP contribution in [0.3, 0.4) is 0 Å². The van der Waals surface area contributed by atoms with E-state index in [0.717, 1.165) is 0 Å². The van der Waals surface area contributed by atoms with E-state index in [4.69, 9.17) is 9.47 Å². The van der Waals surface area contributed by atoms with Crippen LogP contribution in [-0.2, 0) is 19.1 Å². The highest BCUT2D eigenvalue weighted by molar-refractivity contribution is 5.85. The number of rotatable bonds is 5. The number of nitrogens with zero attached hydrogens (tertiary/aromatic N) is 2. The minimum atomic E-state index is -0.971. The van der Waals surface area contributed by atoms with Gasteiger partial charge in [0.05, 0.1) is 0 Å². The second-order valence-corrected chi connectivity index (χ2v) is 7.63. The van der Waals surface area contributed by atoms with E-state index in [1.54, 1.807) is 41.5 Å². The van der Waals surface area contributed by atoms with Crippen LogP contribution in [0.25, 0.3) is 0 Å². The van der Waals surface area contributed by atoms with Gasteiger partial charge in [-0.1, -0.05) is 0 Å². The van der Waals surface area contributed by atoms with Gasteiger partial charge < -0.3 is 14.8 Å². The molecule has 140 valence electrons. The van der Waals surface area contributed by atoms with E-state index in [1.165, 1.54) is 23.3 Å². The number of nitrogens with one attached hydrogen (secondary N) is 1. The van der Waals surface area contributed by atoms with Gasteiger partial charge in [-0.2, -0.15) is 0 Å². The van der Waals surface area contributed by atoms with Crippen molar-refractivity contribution in [3.8, 4) is 0 Å². The molecule has 8 heteroatoms. The van der Waals surface area contributed by atoms with E-state index >= 15 is 0 Å². The molecule has 0 aromatic carbocycles. The first-order chi connectivity index (χ1) is 11.4. The Hall–Kier alpha value is -2.38. The van der Waals surface area contributed by atoms with Crippen molar-refractivity contribution < 1.29 is 23.9 Å². The summed E-state index contributed by atoms with van der Waals surface area (Å²) in [5.74, 6) is -1.05. The predicted molar refractivity (Wildman–Crippen MR) is 90.9 cm³/mol. The molecule has 0 fully saturated rings. The van der Waals surface area contributed by atoms with Crippen LogP contribution in [0.5, 0.6) is 0 Å². The van der Waals surface area contributed by atoms with Crippen molar-refractivity contribution in [3.05, 3.63) is 18.7 Å². The molecule has 0 bridgehead atoms. The van der Waals surface area contributed by atoms with Crippen LogP contribution in [0, 0.1) is 0 Å². The van der Waals surface area contributed by atoms with E-state index in [2.05, 4.69) is 10.3 Å². The van der Waals surface area contributed by atoms with Crippen LogP contribution >= 0.6 is 0 Å². The number of imidazole rings is 1. The molecule has 0 aliphatic carbocycles. The number of ether oxygens (including phenoxy) is 2. The van der Waals surface area contributed by atoms with E-state index in [1.807, 2.05) is 0 Å². The third-order valence-corrected chi connectivity index (χ3v) is 2.79. The van der Waals surface area contributed by atoms with Gasteiger partial charge in [0.15, 0.2) is 0 Å². The Morgan fingerprint density at radius 1 is 1.08 bits per heavy atom. The lowest BCUT2D eigenvalue weighted by atomic mass is 10.1. The molecule has 0 saturated carbocycles. The van der Waals surface area contributed by atoms with Crippen molar-refractivity contribution in [2.45, 2.75) is 71.6 Å². The highest BCUT2D eigenvalue weighted by Crippen LogP contribution is 2.13. The summed E-state index contributed by atoms with van der Waals surface area (Å²) in [7, 11) is 0. The van der Waals surface area contributed by atoms with Crippen LogP contribution in [0.15, 0.2) is 18.7 Å². The summed E-state index contributed by atoms with van der Waals surface area (Å²) < 4.78 is 11.7. The third kappa shape index (κ3) is 8.32. The average Bonchev–Trinajstić information content (AvgIpc) is 2.93. The monoisotopic (exact) mass is 353 g/mol. The number of esters is 2. The highest BCUT2D eigenvalue weighted by Gasteiger charge is 2.28. The standard InChI is InChI=1S/C17H27N3O5/c1-16(2,3)24-13(21)8-7-12(14(22)25-17(4,5)6)19-15(23)20-10-9-18-11-20/h9-12H,7-8H2,1-6H3,(H,19,23)/t12-/m1/s1. The molecular weight excluding hydrogens is 326 g/mol. The quantitative estimate of drug-likeness (QED) is 0.815. The van der Waals surface area contributed by atoms with Gasteiger partial charge in [-0.25, -0.2) is 14.6 Å². The first-order valence-corrected chi connectivity index (χ1v) is 8.11. The molecule has 0 saturated heterocycles. The Morgan fingerprint density at radius 3 is 2.16 bits per heavy atom. The molecule has 1 rings (SSSR count). The van der Waals surface area contributed by atoms with Crippen molar-refractivity contribution in [1.82, 2.24) is 14.9 Å². The third-order valence-electron chi connectivity index (χ3n) is 2.79. The van der Waals surface area contributed by atoms with Crippen LogP contribution in [0.1, 0.15) is 54.4 Å². The topological polar surface area (TPSA) is 99.5 Å². The van der Waals surface area contributed by atoms with Gasteiger partial charge in [0, 0.05) is 18.8 Å². The van der Waals surface area contributed by atoms with Crippen LogP contribution in [-0.4, -0.2) is 44.8 Å². The second kappa shape index (κ2) is 8.13. The smallest absolute Gasteiger partial charge is 0.329 e. The van der Waals surface area contributed by atoms with Gasteiger partial charge in [-0.3, -0.25) is 9.36 Å². The Bertz CT molecular complexity index is 597. The lowest BCUT2D eigenvalue weighted by Gasteiger charge is -2.25. The van der Waals surface area contributed by atoms with Gasteiger partial charge in [0.25, 0.3) is 0 Å². The van der Waals surface area contributed by atoms with Crippen molar-refractivity contribution >= 4 is 18.0 Å². The molecule has 1 aromatic rings. The molecule has 25 heavy (non-hydrogen) atoms. The van der Waals surface area contributed by atoms with Crippen LogP contribution in [0.2, 0.25) is 0 Å². The summed E-state index contributed by atoms with van der Waals surface area (Å²) in [5, 5.41) is 2.56. The Morgan fingerprint density at radius 2 is 1.68 bits per heavy atom. The molecule has 1 N–H and O–H groups in total. The summed E-state index contributed by atoms with van der Waals surface area (Å²) in [6.07, 6.45) is 4.27. The van der Waals surface area contributed by atoms with E-state index in [9.17, 15) is 14.4 Å². The molecule has 0 spiro atoms. The van der Waals surface area contributed by atoms with Gasteiger partial charge in [-0.05, 0) is 48.0 Å². The Kier molecular flexibility index (Phi) is 6.72. The van der Waals surface area contributed by atoms with E-state index < -0.39 is 35.2 Å². The summed E-state index contributed by atoms with van der Waals surface area (Å²) in [6.45, 7) is 10.5. The van der Waals surface area contributed by atoms with Crippen molar-refractivity contribution in [2.75, 3.05) is 0 Å². The fourth-order valence-corrected chi connectivity index (χ4v) is 1.88. The zero-order valence-electron chi connectivity index (χ0n) is 15.7. The van der Waals surface area contributed by atoms with Crippen molar-refractivity contribution in [3.63, 3.8) is 0 Å². The maximum absolute atomic E-state index is 12.3. The number of hydrogen-bond acceptors (Lipinski definition) is 6. The second-order valence-electron chi connectivity index (χ2n) is 7.63. The zero-order valence-corrected chi connectivity index (χ0v) is 15.7. The molecule has 1 aromatic heterocycles. The molecule has 0 unspecified atom stereocenters. The summed E-state index contributed by atoms with van der Waals surface area (Å²) in [4.78, 5) is 40.2. The Labute approximate surface area is 147 Å². The summed E-state index contributed by atoms with van der Waals surface area (Å²) >= 11 is 0. The van der Waals surface area contributed by atoms with Crippen molar-refractivity contribution in [1.29, 1.82) is 0 Å². The van der Waals surface area contributed by atoms with Crippen LogP contribution in [0.4, 0.5) is 4.79 Å². The molecule has 0 aliphatic rings. The maximum atomic E-state index is 12.3. The number of amides is 1. The Balaban J connectivity index is 2.75. The predicted octanol–water partition coefficient (Wildman–Crippen LogP) is 2.27. The number of carbonyl (C=O) groups excluding carboxylic acids is 3. The van der Waals surface area contributed by atoms with Gasteiger partial charge in [0.2, 0.25) is 0 Å². The average molecular weight is 353 g/mol. The van der Waals surface area contributed by atoms with Crippen LogP contribution < -0.4 is 5.32 Å². The lowest BCUT2D eigenvalue weighted by Crippen LogP contribution is -2.45. The van der Waals surface area contributed by atoms with Gasteiger partial charge in [-0.15, -0.1) is 0 Å². The minimum absolute atomic E-state index is 0.0224. The first-order valence-electron chi connectivity index (χ1n) is 8.11. The normalized spacial score (nSPS) is 13.0. The van der Waals surface area contributed by atoms with Gasteiger partial charge in [0.1, 0.15) is 23.6 Å². The highest BCUT2D eigenvalue weighted by atomic mass is 16.6. The fourth-order valence-electron chi connectivity index (χ4n) is 1.88. The number of carbonyl (C=O) groups is 3. The van der Waals surface area contributed by atoms with E-state index in [0.29, 0.717) is 0 Å². The first kappa shape index (κ1) is 20.7. The van der Waals surface area contributed by atoms with E-state index in [-0.39, 0.29) is 12.8 Å². The maximum Gasteiger partial charge on any atom is 0.329 e. The molecule has 0 radical (unpaired) electrons. The SMILES string of the molecule is CC(C)(C)OC(=O)CC[C@@H](NC(=O)n1ccnc1)C(=O)OC(C)(C)C. The number of hydrogen-bond donors (Lipinski definition) is 1. The molecular formula is C17H27N3O5. The lowest BCUT2D eigenvalue weighted by molar-refractivity contribution is -0.158. The summed E-state index contributed by atoms with van der Waals surface area (Å²) in [5.41, 5.74) is -1.32. The molecule has 1 amide bonds.